The minimum absolute atomic E-state index is 0.0412. The Morgan fingerprint density at radius 1 is 1.38 bits per heavy atom. The molecule has 86 valence electrons. The van der Waals surface area contributed by atoms with Gasteiger partial charge in [-0.2, -0.15) is 0 Å². The first kappa shape index (κ1) is 12.5. The van der Waals surface area contributed by atoms with Crippen LogP contribution in [0.15, 0.2) is 36.4 Å². The highest BCUT2D eigenvalue weighted by molar-refractivity contribution is 5.80. The van der Waals surface area contributed by atoms with Gasteiger partial charge in [0.2, 0.25) is 0 Å². The van der Waals surface area contributed by atoms with Gasteiger partial charge in [-0.25, -0.2) is 4.79 Å². The minimum atomic E-state index is -0.963. The summed E-state index contributed by atoms with van der Waals surface area (Å²) in [5.41, 5.74) is 1.36. The van der Waals surface area contributed by atoms with Crippen molar-refractivity contribution >= 4 is 5.97 Å². The van der Waals surface area contributed by atoms with E-state index in [0.717, 1.165) is 17.2 Å². The van der Waals surface area contributed by atoms with Crippen LogP contribution in [-0.2, 0) is 16.8 Å². The van der Waals surface area contributed by atoms with E-state index in [4.69, 9.17) is 5.11 Å². The minimum Gasteiger partial charge on any atom is -0.478 e. The molecule has 3 heteroatoms. The maximum atomic E-state index is 10.5. The number of carboxylic acids is 1. The van der Waals surface area contributed by atoms with E-state index in [9.17, 15) is 9.90 Å². The van der Waals surface area contributed by atoms with E-state index in [1.807, 2.05) is 38.1 Å². The number of carbonyl (C=O) groups is 1. The number of aliphatic hydroxyl groups is 1. The van der Waals surface area contributed by atoms with E-state index < -0.39 is 11.4 Å². The van der Waals surface area contributed by atoms with Crippen LogP contribution in [0.4, 0.5) is 0 Å². The van der Waals surface area contributed by atoms with E-state index in [1.165, 1.54) is 0 Å². The lowest BCUT2D eigenvalue weighted by molar-refractivity contribution is -0.131. The zero-order valence-corrected chi connectivity index (χ0v) is 9.47. The first-order valence-corrected chi connectivity index (χ1v) is 5.09. The van der Waals surface area contributed by atoms with Crippen LogP contribution in [0.5, 0.6) is 0 Å². The van der Waals surface area contributed by atoms with Crippen molar-refractivity contribution in [3.05, 3.63) is 47.5 Å². The molecule has 0 bridgehead atoms. The highest BCUT2D eigenvalue weighted by Gasteiger charge is 2.20. The molecule has 0 unspecified atom stereocenters. The molecule has 0 radical (unpaired) electrons. The van der Waals surface area contributed by atoms with Gasteiger partial charge < -0.3 is 10.2 Å². The number of carboxylic acid groups (broad SMARTS) is 1. The molecule has 0 aliphatic heterocycles. The zero-order valence-electron chi connectivity index (χ0n) is 9.47. The second kappa shape index (κ2) is 4.94. The number of aliphatic carboxylic acids is 1. The summed E-state index contributed by atoms with van der Waals surface area (Å²) in [4.78, 5) is 10.5. The summed E-state index contributed by atoms with van der Waals surface area (Å²) in [6, 6.07) is 7.47. The lowest BCUT2D eigenvalue weighted by Crippen LogP contribution is -2.16. The third kappa shape index (κ3) is 2.94. The van der Waals surface area contributed by atoms with E-state index >= 15 is 0 Å². The molecule has 0 aliphatic carbocycles. The number of hydrogen-bond acceptors (Lipinski definition) is 2. The second-order valence-corrected chi connectivity index (χ2v) is 4.21. The summed E-state index contributed by atoms with van der Waals surface area (Å²) in [5.74, 6) is -0.963. The number of aliphatic hydroxyl groups excluding tert-OH is 1. The van der Waals surface area contributed by atoms with Crippen molar-refractivity contribution in [2.45, 2.75) is 25.9 Å². The van der Waals surface area contributed by atoms with Crippen molar-refractivity contribution in [2.75, 3.05) is 0 Å². The number of benzene rings is 1. The van der Waals surface area contributed by atoms with Crippen LogP contribution in [0.3, 0.4) is 0 Å². The molecular weight excluding hydrogens is 204 g/mol. The molecule has 1 aromatic rings. The maximum Gasteiger partial charge on any atom is 0.328 e. The van der Waals surface area contributed by atoms with Crippen molar-refractivity contribution < 1.29 is 15.0 Å². The summed E-state index contributed by atoms with van der Waals surface area (Å²) in [6.45, 7) is 3.79. The largest absolute Gasteiger partial charge is 0.478 e. The predicted molar refractivity (Wildman–Crippen MR) is 62.2 cm³/mol. The van der Waals surface area contributed by atoms with Crippen LogP contribution in [0, 0.1) is 0 Å². The average Bonchev–Trinajstić information content (AvgIpc) is 2.26. The topological polar surface area (TPSA) is 57.5 Å². The van der Waals surface area contributed by atoms with Crippen LogP contribution in [-0.4, -0.2) is 16.2 Å². The van der Waals surface area contributed by atoms with Gasteiger partial charge >= 0.3 is 5.97 Å². The third-order valence-electron chi connectivity index (χ3n) is 2.52. The quantitative estimate of drug-likeness (QED) is 0.764. The first-order valence-electron chi connectivity index (χ1n) is 5.09. The fourth-order valence-corrected chi connectivity index (χ4v) is 1.66. The fourth-order valence-electron chi connectivity index (χ4n) is 1.66. The van der Waals surface area contributed by atoms with Crippen molar-refractivity contribution in [3.63, 3.8) is 0 Å². The molecule has 0 saturated carbocycles. The van der Waals surface area contributed by atoms with Crippen molar-refractivity contribution in [3.8, 4) is 0 Å². The Morgan fingerprint density at radius 2 is 2.00 bits per heavy atom. The molecule has 2 N–H and O–H groups in total. The predicted octanol–water partition coefficient (Wildman–Crippen LogP) is 2.10. The zero-order chi connectivity index (χ0) is 12.2. The molecule has 3 nitrogen and oxygen atoms in total. The van der Waals surface area contributed by atoms with Gasteiger partial charge in [0.15, 0.2) is 0 Å². The Balaban J connectivity index is 3.10. The molecule has 1 aromatic carbocycles. The Hall–Kier alpha value is -1.61. The van der Waals surface area contributed by atoms with Gasteiger partial charge in [-0.1, -0.05) is 44.2 Å². The second-order valence-electron chi connectivity index (χ2n) is 4.21. The number of hydrogen-bond donors (Lipinski definition) is 2. The van der Waals surface area contributed by atoms with Gasteiger partial charge in [-0.05, 0) is 11.1 Å². The maximum absolute atomic E-state index is 10.5. The van der Waals surface area contributed by atoms with Crippen LogP contribution in [0.2, 0.25) is 0 Å². The van der Waals surface area contributed by atoms with Gasteiger partial charge in [-0.15, -0.1) is 0 Å². The highest BCUT2D eigenvalue weighted by atomic mass is 16.4. The van der Waals surface area contributed by atoms with Gasteiger partial charge in [0.25, 0.3) is 0 Å². The molecule has 0 aliphatic rings. The normalized spacial score (nSPS) is 11.9. The Kier molecular flexibility index (Phi) is 3.85. The summed E-state index contributed by atoms with van der Waals surface area (Å²) in [5, 5.41) is 17.8. The summed E-state index contributed by atoms with van der Waals surface area (Å²) < 4.78 is 0. The Morgan fingerprint density at radius 3 is 2.56 bits per heavy atom. The van der Waals surface area contributed by atoms with E-state index in [2.05, 4.69) is 0 Å². The third-order valence-corrected chi connectivity index (χ3v) is 2.52. The number of rotatable bonds is 4. The van der Waals surface area contributed by atoms with Gasteiger partial charge in [-0.3, -0.25) is 0 Å². The van der Waals surface area contributed by atoms with E-state index in [1.54, 1.807) is 6.08 Å². The smallest absolute Gasteiger partial charge is 0.328 e. The average molecular weight is 220 g/mol. The highest BCUT2D eigenvalue weighted by Crippen LogP contribution is 2.27. The molecule has 0 spiro atoms. The fraction of sp³-hybridized carbons (Fsp3) is 0.308. The SMILES string of the molecule is CC(C)(/C=C/C(=O)O)c1ccccc1CO. The standard InChI is InChI=1S/C13H16O3/c1-13(2,8-7-12(15)16)11-6-4-3-5-10(11)9-14/h3-8,14H,9H2,1-2H3,(H,15,16)/b8-7+. The van der Waals surface area contributed by atoms with Crippen LogP contribution < -0.4 is 0 Å². The van der Waals surface area contributed by atoms with E-state index in [-0.39, 0.29) is 6.61 Å². The van der Waals surface area contributed by atoms with Gasteiger partial charge in [0.1, 0.15) is 0 Å². The van der Waals surface area contributed by atoms with Crippen molar-refractivity contribution in [2.24, 2.45) is 0 Å². The Bertz CT molecular complexity index is 405. The molecule has 0 amide bonds. The molecule has 0 fully saturated rings. The Labute approximate surface area is 95.0 Å². The molecule has 0 heterocycles. The van der Waals surface area contributed by atoms with Crippen LogP contribution in [0.25, 0.3) is 0 Å². The van der Waals surface area contributed by atoms with Gasteiger partial charge in [0.05, 0.1) is 6.61 Å². The van der Waals surface area contributed by atoms with Crippen LogP contribution >= 0.6 is 0 Å². The summed E-state index contributed by atoms with van der Waals surface area (Å²) in [7, 11) is 0. The van der Waals surface area contributed by atoms with Crippen molar-refractivity contribution in [1.29, 1.82) is 0 Å². The lowest BCUT2D eigenvalue weighted by atomic mass is 9.81. The lowest BCUT2D eigenvalue weighted by Gasteiger charge is -2.23. The molecule has 1 rings (SSSR count). The molecule has 0 atom stereocenters. The van der Waals surface area contributed by atoms with E-state index in [0.29, 0.717) is 0 Å². The summed E-state index contributed by atoms with van der Waals surface area (Å²) in [6.07, 6.45) is 2.76. The summed E-state index contributed by atoms with van der Waals surface area (Å²) >= 11 is 0. The molecule has 16 heavy (non-hydrogen) atoms. The number of allylic oxidation sites excluding steroid dienone is 1. The first-order chi connectivity index (χ1) is 7.47. The molecule has 0 saturated heterocycles. The molecular formula is C13H16O3. The van der Waals surface area contributed by atoms with Crippen molar-refractivity contribution in [1.82, 2.24) is 0 Å². The van der Waals surface area contributed by atoms with Crippen LogP contribution in [0.1, 0.15) is 25.0 Å². The monoisotopic (exact) mass is 220 g/mol. The van der Waals surface area contributed by atoms with Gasteiger partial charge in [0, 0.05) is 11.5 Å². The molecule has 0 aromatic heterocycles.